The number of alkyl halides is 1. The zero-order valence-corrected chi connectivity index (χ0v) is 34.0. The molecule has 2 aromatic rings. The monoisotopic (exact) mass is 995 g/mol. The molecular formula is C39H58FFmN8O5-. The molecule has 0 saturated carbocycles. The van der Waals surface area contributed by atoms with Crippen LogP contribution in [0.25, 0.3) is 5.32 Å². The van der Waals surface area contributed by atoms with Crippen LogP contribution in [0.2, 0.25) is 0 Å². The van der Waals surface area contributed by atoms with E-state index in [2.05, 4.69) is 21.3 Å². The molecule has 1 aliphatic rings. The summed E-state index contributed by atoms with van der Waals surface area (Å²) in [4.78, 5) is 68.2. The van der Waals surface area contributed by atoms with Gasteiger partial charge in [-0.1, -0.05) is 80.9 Å². The van der Waals surface area contributed by atoms with Gasteiger partial charge in [0, 0.05) is 31.0 Å². The number of nitrogens with zero attached hydrogens (tertiary/aromatic N) is 2. The standard InChI is InChI=1S/C39H59FN8O5.Fm/c1-26(2)20-32(47-37(52)33(22-29-14-8-5-9-15-29)46-35(50)30(43)21-28-12-6-4-7-13-28)36(51)45-31(16-10-11-18-41)38(53)48-24-39(23-40,25-48)17-19-44-34(49)27(3)42;/h4-9,12-15,26-27,30-33H,10-11,16-25,41-43H2,1-3H3,(H4,44,45,46,47,49,50,51,52);/p-1/t27-,30-,31-,32-,33-;/m1./s1. The van der Waals surface area contributed by atoms with E-state index in [1.807, 2.05) is 74.5 Å². The third-order valence-corrected chi connectivity index (χ3v) is 9.40. The zero-order chi connectivity index (χ0) is 39.0. The first-order valence-corrected chi connectivity index (χ1v) is 18.5. The van der Waals surface area contributed by atoms with E-state index in [9.17, 15) is 28.4 Å². The van der Waals surface area contributed by atoms with Crippen LogP contribution >= 0.6 is 0 Å². The molecule has 9 N–H and O–H groups in total. The van der Waals surface area contributed by atoms with Crippen LogP contribution in [0.15, 0.2) is 60.7 Å². The van der Waals surface area contributed by atoms with Gasteiger partial charge < -0.3 is 48.2 Å². The number of unbranched alkanes of at least 4 members (excludes halogenated alkanes) is 1. The molecule has 13 nitrogen and oxygen atoms in total. The molecule has 3 rings (SSSR count). The Bertz CT molecular complexity index is 1480. The molecule has 1 saturated heterocycles. The summed E-state index contributed by atoms with van der Waals surface area (Å²) < 4.78 is 14.2. The molecule has 304 valence electrons. The maximum atomic E-state index is 14.2. The molecule has 5 atom stereocenters. The summed E-state index contributed by atoms with van der Waals surface area (Å²) in [5.41, 5.74) is 18.4. The van der Waals surface area contributed by atoms with Gasteiger partial charge >= 0.3 is 0 Å². The van der Waals surface area contributed by atoms with Gasteiger partial charge in [0.1, 0.15) is 18.1 Å². The Balaban J connectivity index is 0.0000101. The van der Waals surface area contributed by atoms with Gasteiger partial charge in [0.25, 0.3) is 0 Å². The zero-order valence-electron chi connectivity index (χ0n) is 31.6. The number of hydrogen-bond acceptors (Lipinski definition) is 8. The van der Waals surface area contributed by atoms with Crippen LogP contribution < -0.4 is 33.2 Å². The van der Waals surface area contributed by atoms with Crippen LogP contribution in [0.3, 0.4) is 0 Å². The molecule has 1 fully saturated rings. The van der Waals surface area contributed by atoms with Crippen molar-refractivity contribution in [3.8, 4) is 0 Å². The van der Waals surface area contributed by atoms with Crippen LogP contribution in [-0.4, -0.2) is 97.5 Å². The summed E-state index contributed by atoms with van der Waals surface area (Å²) in [6.07, 6.45) is 2.45. The van der Waals surface area contributed by atoms with E-state index in [-0.39, 0.29) is 57.1 Å². The Morgan fingerprint density at radius 1 is 0.796 bits per heavy atom. The fourth-order valence-electron chi connectivity index (χ4n) is 6.29. The molecule has 0 radical (unpaired) electrons. The molecule has 1 aliphatic heterocycles. The smallest absolute Gasteiger partial charge is 0.245 e. The maximum absolute atomic E-state index is 14.2. The first-order chi connectivity index (χ1) is 25.3. The molecule has 15 heteroatoms. The van der Waals surface area contributed by atoms with Crippen LogP contribution in [0.5, 0.6) is 0 Å². The number of rotatable bonds is 22. The number of hydrogen-bond donors (Lipinski definition) is 6. The number of benzene rings is 2. The van der Waals surface area contributed by atoms with E-state index in [0.29, 0.717) is 25.8 Å². The van der Waals surface area contributed by atoms with Crippen molar-refractivity contribution >= 4 is 29.5 Å². The molecular weight excluding hydrogens is 936 g/mol. The molecule has 0 aliphatic carbocycles. The second kappa shape index (κ2) is 22.0. The average Bonchev–Trinajstić information content (AvgIpc) is 3.11. The Labute approximate surface area is 312 Å². The second-order valence-electron chi connectivity index (χ2n) is 14.7. The van der Waals surface area contributed by atoms with E-state index < -0.39 is 65.9 Å². The molecule has 0 aromatic heterocycles. The largest absolute Gasteiger partial charge is 0.652 e. The van der Waals surface area contributed by atoms with Gasteiger partial charge in [0.2, 0.25) is 23.6 Å². The Morgan fingerprint density at radius 2 is 1.33 bits per heavy atom. The van der Waals surface area contributed by atoms with Crippen molar-refractivity contribution in [3.63, 3.8) is 0 Å². The summed E-state index contributed by atoms with van der Waals surface area (Å²) >= 11 is 0. The van der Waals surface area contributed by atoms with Gasteiger partial charge in [-0.05, 0) is 62.6 Å². The van der Waals surface area contributed by atoms with Gasteiger partial charge in [-0.3, -0.25) is 23.6 Å². The molecule has 1 heterocycles. The SMILES string of the molecule is CC(C)C[C@@H](NC(=O)[C@@H](Cc1ccccc1)NC(=O)[C@H](N)Cc1ccccc1)C(=O)N[C@H](CCCCN)C(=O)N1CC(CF)(CC[N-]C(=O)[C@@H](C)N)C1.[Fm]. The number of nitrogens with two attached hydrogens (primary N) is 3. The number of likely N-dealkylation sites (tertiary alicyclic amines) is 1. The summed E-state index contributed by atoms with van der Waals surface area (Å²) in [5.74, 6) is -2.46. The van der Waals surface area contributed by atoms with Gasteiger partial charge in [0.05, 0.1) is 18.6 Å². The molecule has 2 aromatic carbocycles. The predicted molar refractivity (Wildman–Crippen MR) is 203 cm³/mol. The Hall–Kier alpha value is -5.40. The van der Waals surface area contributed by atoms with Gasteiger partial charge in [-0.15, -0.1) is 6.54 Å². The number of halogens is 1. The van der Waals surface area contributed by atoms with Gasteiger partial charge in [-0.2, -0.15) is 0 Å². The first kappa shape index (κ1) is 44.8. The van der Waals surface area contributed by atoms with Crippen LogP contribution in [0.1, 0.15) is 64.0 Å². The maximum Gasteiger partial charge on any atom is 0.245 e. The van der Waals surface area contributed by atoms with E-state index in [4.69, 9.17) is 17.2 Å². The first-order valence-electron chi connectivity index (χ1n) is 18.5. The van der Waals surface area contributed by atoms with Crippen LogP contribution in [0, 0.1) is 11.3 Å². The van der Waals surface area contributed by atoms with Crippen molar-refractivity contribution < 1.29 is 28.4 Å². The summed E-state index contributed by atoms with van der Waals surface area (Å²) in [6, 6.07) is 13.9. The minimum Gasteiger partial charge on any atom is -0.652 e. The quantitative estimate of drug-likeness (QED) is 0.0956. The second-order valence-corrected chi connectivity index (χ2v) is 14.7. The third-order valence-electron chi connectivity index (χ3n) is 9.40. The topological polar surface area (TPSA) is 217 Å². The normalized spacial score (nSPS) is 16.0. The van der Waals surface area contributed by atoms with Crippen molar-refractivity contribution in [1.82, 2.24) is 20.9 Å². The summed E-state index contributed by atoms with van der Waals surface area (Å²) in [7, 11) is 0. The predicted octanol–water partition coefficient (Wildman–Crippen LogP) is 1.86. The van der Waals surface area contributed by atoms with E-state index in [1.54, 1.807) is 0 Å². The van der Waals surface area contributed by atoms with E-state index in [1.165, 1.54) is 11.8 Å². The van der Waals surface area contributed by atoms with Crippen LogP contribution in [-0.2, 0) is 36.8 Å². The molecule has 0 spiro atoms. The summed E-state index contributed by atoms with van der Waals surface area (Å²) in [6.45, 7) is 5.40. The van der Waals surface area contributed by atoms with Gasteiger partial charge in [-0.25, -0.2) is 0 Å². The van der Waals surface area contributed by atoms with E-state index >= 15 is 0 Å². The Kier molecular flexibility index (Phi) is 18.2. The third kappa shape index (κ3) is 13.9. The van der Waals surface area contributed by atoms with Crippen molar-refractivity contribution in [2.45, 2.75) is 95.9 Å². The molecule has 54 heavy (non-hydrogen) atoms. The van der Waals surface area contributed by atoms with Crippen LogP contribution in [0.4, 0.5) is 4.39 Å². The van der Waals surface area contributed by atoms with Crippen molar-refractivity contribution in [2.24, 2.45) is 28.5 Å². The number of carbonyl (C=O) groups excluding carboxylic acids is 5. The molecule has 5 amide bonds. The van der Waals surface area contributed by atoms with Crippen molar-refractivity contribution in [3.05, 3.63) is 77.1 Å². The molecule has 0 bridgehead atoms. The summed E-state index contributed by atoms with van der Waals surface area (Å²) in [5, 5.41) is 12.4. The number of carbonyl (C=O) groups is 5. The fraction of sp³-hybridized carbons (Fsp3) is 0.564. The molecule has 0 unspecified atom stereocenters. The van der Waals surface area contributed by atoms with Crippen molar-refractivity contribution in [1.29, 1.82) is 0 Å². The van der Waals surface area contributed by atoms with Crippen molar-refractivity contribution in [2.75, 3.05) is 32.9 Å². The average molecular weight is 995 g/mol. The van der Waals surface area contributed by atoms with Gasteiger partial charge in [0.15, 0.2) is 0 Å². The fourth-order valence-corrected chi connectivity index (χ4v) is 6.29. The minimum absolute atomic E-state index is 0. The number of nitrogens with one attached hydrogen (secondary N) is 3. The number of amides is 5. The van der Waals surface area contributed by atoms with E-state index in [0.717, 1.165) is 11.1 Å². The minimum atomic E-state index is -1.04. The Morgan fingerprint density at radius 3 is 1.87 bits per heavy atom.